The highest BCUT2D eigenvalue weighted by molar-refractivity contribution is 4.91. The van der Waals surface area contributed by atoms with E-state index in [4.69, 9.17) is 0 Å². The molecular formula is C17H32N2. The third kappa shape index (κ3) is 3.16. The van der Waals surface area contributed by atoms with Crippen molar-refractivity contribution in [1.82, 2.24) is 10.2 Å². The first-order valence-corrected chi connectivity index (χ1v) is 8.71. The van der Waals surface area contributed by atoms with Crippen molar-refractivity contribution in [2.45, 2.75) is 70.9 Å². The zero-order valence-electron chi connectivity index (χ0n) is 12.9. The normalized spacial score (nSPS) is 45.5. The molecule has 0 aromatic rings. The molecule has 3 rings (SSSR count). The van der Waals surface area contributed by atoms with Crippen LogP contribution in [0.25, 0.3) is 0 Å². The second-order valence-electron chi connectivity index (χ2n) is 7.56. The van der Waals surface area contributed by atoms with Gasteiger partial charge in [-0.05, 0) is 69.4 Å². The summed E-state index contributed by atoms with van der Waals surface area (Å²) in [5, 5.41) is 3.74. The van der Waals surface area contributed by atoms with Crippen molar-refractivity contribution >= 4 is 0 Å². The fourth-order valence-corrected chi connectivity index (χ4v) is 4.80. The summed E-state index contributed by atoms with van der Waals surface area (Å²) in [4.78, 5) is 2.87. The Morgan fingerprint density at radius 3 is 2.68 bits per heavy atom. The second-order valence-corrected chi connectivity index (χ2v) is 7.56. The van der Waals surface area contributed by atoms with E-state index in [0.717, 1.165) is 29.8 Å². The summed E-state index contributed by atoms with van der Waals surface area (Å²) in [5.74, 6) is 2.80. The molecule has 0 spiro atoms. The van der Waals surface area contributed by atoms with Gasteiger partial charge in [-0.3, -0.25) is 4.90 Å². The molecule has 3 aliphatic rings. The van der Waals surface area contributed by atoms with Crippen molar-refractivity contribution in [2.24, 2.45) is 17.8 Å². The van der Waals surface area contributed by atoms with Gasteiger partial charge in [0.25, 0.3) is 0 Å². The van der Waals surface area contributed by atoms with Crippen LogP contribution in [0.5, 0.6) is 0 Å². The zero-order chi connectivity index (χ0) is 13.2. The Balaban J connectivity index is 1.60. The lowest BCUT2D eigenvalue weighted by atomic mass is 9.78. The van der Waals surface area contributed by atoms with Gasteiger partial charge in [0, 0.05) is 18.6 Å². The molecule has 0 bridgehead atoms. The first-order chi connectivity index (χ1) is 9.24. The summed E-state index contributed by atoms with van der Waals surface area (Å²) in [6.07, 6.45) is 10.1. The maximum absolute atomic E-state index is 3.74. The van der Waals surface area contributed by atoms with Crippen LogP contribution in [0.4, 0.5) is 0 Å². The summed E-state index contributed by atoms with van der Waals surface area (Å²) in [6, 6.07) is 1.71. The van der Waals surface area contributed by atoms with Gasteiger partial charge in [0.05, 0.1) is 0 Å². The Morgan fingerprint density at radius 1 is 1.00 bits per heavy atom. The Bertz CT molecular complexity index is 285. The quantitative estimate of drug-likeness (QED) is 0.823. The smallest absolute Gasteiger partial charge is 0.0123 e. The topological polar surface area (TPSA) is 15.3 Å². The Hall–Kier alpha value is -0.0800. The number of likely N-dealkylation sites (tertiary alicyclic amines) is 1. The standard InChI is InChI=1S/C17H32N2/c1-13-7-8-14(2)17(11-13)19-10-4-5-15(12-19)16-6-3-9-18-16/h13-18H,3-12H2,1-2H3. The summed E-state index contributed by atoms with van der Waals surface area (Å²) in [6.45, 7) is 8.95. The highest BCUT2D eigenvalue weighted by atomic mass is 15.2. The molecule has 2 heterocycles. The van der Waals surface area contributed by atoms with Crippen molar-refractivity contribution in [3.05, 3.63) is 0 Å². The maximum atomic E-state index is 3.74. The predicted octanol–water partition coefficient (Wildman–Crippen LogP) is 3.28. The van der Waals surface area contributed by atoms with E-state index in [1.54, 1.807) is 0 Å². The lowest BCUT2D eigenvalue weighted by Crippen LogP contribution is -2.51. The molecule has 0 aromatic heterocycles. The van der Waals surface area contributed by atoms with E-state index in [1.807, 2.05) is 0 Å². The first-order valence-electron chi connectivity index (χ1n) is 8.71. The lowest BCUT2D eigenvalue weighted by Gasteiger charge is -2.45. The van der Waals surface area contributed by atoms with Crippen molar-refractivity contribution in [2.75, 3.05) is 19.6 Å². The molecule has 2 saturated heterocycles. The van der Waals surface area contributed by atoms with Gasteiger partial charge in [-0.15, -0.1) is 0 Å². The number of nitrogens with zero attached hydrogens (tertiary/aromatic N) is 1. The van der Waals surface area contributed by atoms with Crippen LogP contribution in [-0.4, -0.2) is 36.6 Å². The number of piperidine rings is 1. The van der Waals surface area contributed by atoms with Gasteiger partial charge in [0.1, 0.15) is 0 Å². The van der Waals surface area contributed by atoms with Crippen LogP contribution in [0.15, 0.2) is 0 Å². The van der Waals surface area contributed by atoms with E-state index in [1.165, 1.54) is 64.6 Å². The lowest BCUT2D eigenvalue weighted by molar-refractivity contribution is 0.0455. The van der Waals surface area contributed by atoms with Crippen LogP contribution in [0.1, 0.15) is 58.8 Å². The summed E-state index contributed by atoms with van der Waals surface area (Å²) in [7, 11) is 0. The molecule has 2 aliphatic heterocycles. The molecule has 2 nitrogen and oxygen atoms in total. The predicted molar refractivity (Wildman–Crippen MR) is 81.3 cm³/mol. The van der Waals surface area contributed by atoms with Gasteiger partial charge in [-0.1, -0.05) is 20.3 Å². The monoisotopic (exact) mass is 264 g/mol. The molecule has 1 N–H and O–H groups in total. The van der Waals surface area contributed by atoms with E-state index in [9.17, 15) is 0 Å². The minimum Gasteiger partial charge on any atom is -0.314 e. The van der Waals surface area contributed by atoms with Crippen LogP contribution in [0.3, 0.4) is 0 Å². The van der Waals surface area contributed by atoms with Gasteiger partial charge in [-0.25, -0.2) is 0 Å². The van der Waals surface area contributed by atoms with Crippen molar-refractivity contribution in [3.8, 4) is 0 Å². The molecule has 0 aromatic carbocycles. The van der Waals surface area contributed by atoms with Crippen LogP contribution >= 0.6 is 0 Å². The van der Waals surface area contributed by atoms with Gasteiger partial charge < -0.3 is 5.32 Å². The third-order valence-corrected chi connectivity index (χ3v) is 6.04. The van der Waals surface area contributed by atoms with E-state index in [0.29, 0.717) is 0 Å². The van der Waals surface area contributed by atoms with E-state index in [2.05, 4.69) is 24.1 Å². The molecule has 110 valence electrons. The average molecular weight is 264 g/mol. The van der Waals surface area contributed by atoms with E-state index >= 15 is 0 Å². The summed E-state index contributed by atoms with van der Waals surface area (Å²) >= 11 is 0. The Kier molecular flexibility index (Phi) is 4.48. The largest absolute Gasteiger partial charge is 0.314 e. The molecule has 1 aliphatic carbocycles. The second kappa shape index (κ2) is 6.13. The van der Waals surface area contributed by atoms with Crippen LogP contribution in [0.2, 0.25) is 0 Å². The fraction of sp³-hybridized carbons (Fsp3) is 1.00. The minimum atomic E-state index is 0.833. The summed E-state index contributed by atoms with van der Waals surface area (Å²) < 4.78 is 0. The summed E-state index contributed by atoms with van der Waals surface area (Å²) in [5.41, 5.74) is 0. The van der Waals surface area contributed by atoms with Crippen molar-refractivity contribution < 1.29 is 0 Å². The van der Waals surface area contributed by atoms with Gasteiger partial charge >= 0.3 is 0 Å². The molecule has 5 atom stereocenters. The fourth-order valence-electron chi connectivity index (χ4n) is 4.80. The van der Waals surface area contributed by atoms with Crippen molar-refractivity contribution in [1.29, 1.82) is 0 Å². The van der Waals surface area contributed by atoms with Crippen LogP contribution in [0, 0.1) is 17.8 Å². The van der Waals surface area contributed by atoms with Gasteiger partial charge in [0.2, 0.25) is 0 Å². The molecule has 0 radical (unpaired) electrons. The van der Waals surface area contributed by atoms with Gasteiger partial charge in [-0.2, -0.15) is 0 Å². The third-order valence-electron chi connectivity index (χ3n) is 6.04. The maximum Gasteiger partial charge on any atom is 0.0123 e. The van der Waals surface area contributed by atoms with Crippen molar-refractivity contribution in [3.63, 3.8) is 0 Å². The molecule has 3 fully saturated rings. The molecule has 0 amide bonds. The van der Waals surface area contributed by atoms with Crippen LogP contribution < -0.4 is 5.32 Å². The van der Waals surface area contributed by atoms with E-state index < -0.39 is 0 Å². The molecule has 5 unspecified atom stereocenters. The average Bonchev–Trinajstić information content (AvgIpc) is 2.96. The minimum absolute atomic E-state index is 0.833. The Labute approximate surface area is 119 Å². The van der Waals surface area contributed by atoms with Crippen LogP contribution in [-0.2, 0) is 0 Å². The Morgan fingerprint density at radius 2 is 1.89 bits per heavy atom. The molecule has 19 heavy (non-hydrogen) atoms. The van der Waals surface area contributed by atoms with E-state index in [-0.39, 0.29) is 0 Å². The highest BCUT2D eigenvalue weighted by Gasteiger charge is 2.35. The number of rotatable bonds is 2. The number of hydrogen-bond donors (Lipinski definition) is 1. The first kappa shape index (κ1) is 13.9. The van der Waals surface area contributed by atoms with Gasteiger partial charge in [0.15, 0.2) is 0 Å². The zero-order valence-corrected chi connectivity index (χ0v) is 12.9. The molecular weight excluding hydrogens is 232 g/mol. The highest BCUT2D eigenvalue weighted by Crippen LogP contribution is 2.35. The number of hydrogen-bond acceptors (Lipinski definition) is 2. The molecule has 2 heteroatoms. The molecule has 1 saturated carbocycles. The number of nitrogens with one attached hydrogen (secondary N) is 1. The SMILES string of the molecule is CC1CCC(C)C(N2CCCC(C3CCCN3)C2)C1.